The highest BCUT2D eigenvalue weighted by atomic mass is 32.2. The van der Waals surface area contributed by atoms with E-state index in [9.17, 15) is 13.2 Å². The summed E-state index contributed by atoms with van der Waals surface area (Å²) < 4.78 is 25.4. The molecule has 0 radical (unpaired) electrons. The highest BCUT2D eigenvalue weighted by molar-refractivity contribution is 7.93. The Labute approximate surface area is 114 Å². The molecule has 0 bridgehead atoms. The van der Waals surface area contributed by atoms with E-state index in [1.165, 1.54) is 11.0 Å². The van der Waals surface area contributed by atoms with E-state index in [0.717, 1.165) is 11.0 Å². The molecule has 1 N–H and O–H groups in total. The van der Waals surface area contributed by atoms with Crippen LogP contribution in [0.5, 0.6) is 0 Å². The van der Waals surface area contributed by atoms with E-state index in [0.29, 0.717) is 13.1 Å². The molecule has 0 saturated heterocycles. The van der Waals surface area contributed by atoms with Gasteiger partial charge in [0.25, 0.3) is 10.0 Å². The van der Waals surface area contributed by atoms with E-state index in [1.807, 2.05) is 10.8 Å². The summed E-state index contributed by atoms with van der Waals surface area (Å²) >= 11 is 0. The molecule has 0 fully saturated rings. The van der Waals surface area contributed by atoms with Crippen molar-refractivity contribution in [1.29, 1.82) is 0 Å². The third kappa shape index (κ3) is 5.13. The van der Waals surface area contributed by atoms with Crippen molar-refractivity contribution in [3.63, 3.8) is 0 Å². The third-order valence-corrected chi connectivity index (χ3v) is 3.47. The lowest BCUT2D eigenvalue weighted by atomic mass is 10.2. The van der Waals surface area contributed by atoms with Gasteiger partial charge in [-0.2, -0.15) is 0 Å². The Hall–Kier alpha value is -1.82. The van der Waals surface area contributed by atoms with Crippen molar-refractivity contribution in [1.82, 2.24) is 9.62 Å². The first kappa shape index (κ1) is 15.2. The van der Waals surface area contributed by atoms with Crippen LogP contribution in [0.3, 0.4) is 0 Å². The van der Waals surface area contributed by atoms with Gasteiger partial charge in [-0.15, -0.1) is 0 Å². The number of benzene rings is 1. The molecule has 0 saturated carbocycles. The Morgan fingerprint density at radius 3 is 2.32 bits per heavy atom. The van der Waals surface area contributed by atoms with E-state index >= 15 is 0 Å². The molecule has 1 rings (SSSR count). The van der Waals surface area contributed by atoms with Crippen LogP contribution in [0.2, 0.25) is 0 Å². The van der Waals surface area contributed by atoms with Gasteiger partial charge in [0.05, 0.1) is 5.41 Å². The van der Waals surface area contributed by atoms with Gasteiger partial charge in [-0.1, -0.05) is 30.3 Å². The Morgan fingerprint density at radius 2 is 1.79 bits per heavy atom. The normalized spacial score (nSPS) is 11.5. The topological polar surface area (TPSA) is 66.5 Å². The van der Waals surface area contributed by atoms with Gasteiger partial charge in [0.2, 0.25) is 0 Å². The first-order valence-electron chi connectivity index (χ1n) is 6.03. The van der Waals surface area contributed by atoms with Crippen LogP contribution in [0, 0.1) is 0 Å². The van der Waals surface area contributed by atoms with Gasteiger partial charge in [-0.05, 0) is 25.5 Å². The maximum absolute atomic E-state index is 11.7. The predicted octanol–water partition coefficient (Wildman–Crippen LogP) is 2.04. The molecule has 5 nitrogen and oxygen atoms in total. The maximum atomic E-state index is 11.7. The molecule has 0 spiro atoms. The number of sulfonamides is 1. The van der Waals surface area contributed by atoms with Gasteiger partial charge < -0.3 is 4.90 Å². The molecule has 0 aliphatic carbocycles. The molecular weight excluding hydrogens is 264 g/mol. The summed E-state index contributed by atoms with van der Waals surface area (Å²) in [4.78, 5) is 13.0. The molecule has 6 heteroatoms. The van der Waals surface area contributed by atoms with E-state index in [1.54, 1.807) is 38.1 Å². The maximum Gasteiger partial charge on any atom is 0.331 e. The van der Waals surface area contributed by atoms with Crippen LogP contribution in [0.4, 0.5) is 4.79 Å². The zero-order valence-corrected chi connectivity index (χ0v) is 11.9. The minimum Gasteiger partial charge on any atom is -0.325 e. The Kier molecular flexibility index (Phi) is 5.57. The fourth-order valence-electron chi connectivity index (χ4n) is 1.46. The molecule has 2 amide bonds. The molecular formula is C13H18N2O3S. The summed E-state index contributed by atoms with van der Waals surface area (Å²) in [5.41, 5.74) is 0.753. The van der Waals surface area contributed by atoms with E-state index in [2.05, 4.69) is 0 Å². The predicted molar refractivity (Wildman–Crippen MR) is 75.8 cm³/mol. The molecule has 0 aliphatic heterocycles. The van der Waals surface area contributed by atoms with Crippen LogP contribution in [0.1, 0.15) is 19.4 Å². The van der Waals surface area contributed by atoms with Crippen LogP contribution in [-0.4, -0.2) is 32.4 Å². The van der Waals surface area contributed by atoms with Gasteiger partial charge in [0, 0.05) is 13.1 Å². The summed E-state index contributed by atoms with van der Waals surface area (Å²) in [7, 11) is -3.77. The summed E-state index contributed by atoms with van der Waals surface area (Å²) in [6.45, 7) is 4.49. The standard InChI is InChI=1S/C13H18N2O3S/c1-3-15(4-2)13(16)14-19(17,18)11-10-12-8-6-5-7-9-12/h5-11H,3-4H2,1-2H3,(H,14,16). The molecule has 0 aliphatic rings. The zero-order chi connectivity index (χ0) is 14.3. The van der Waals surface area contributed by atoms with Crippen molar-refractivity contribution < 1.29 is 13.2 Å². The van der Waals surface area contributed by atoms with Gasteiger partial charge >= 0.3 is 6.03 Å². The van der Waals surface area contributed by atoms with Crippen molar-refractivity contribution in [2.45, 2.75) is 13.8 Å². The van der Waals surface area contributed by atoms with Gasteiger partial charge in [0.15, 0.2) is 0 Å². The molecule has 1 aromatic carbocycles. The lowest BCUT2D eigenvalue weighted by Gasteiger charge is -2.18. The van der Waals surface area contributed by atoms with Crippen LogP contribution in [0.15, 0.2) is 35.7 Å². The number of hydrogen-bond acceptors (Lipinski definition) is 3. The molecule has 1 aromatic rings. The lowest BCUT2D eigenvalue weighted by molar-refractivity contribution is 0.209. The molecule has 0 heterocycles. The van der Waals surface area contributed by atoms with Crippen LogP contribution in [-0.2, 0) is 10.0 Å². The second-order valence-electron chi connectivity index (χ2n) is 3.84. The van der Waals surface area contributed by atoms with Crippen molar-refractivity contribution >= 4 is 22.1 Å². The summed E-state index contributed by atoms with van der Waals surface area (Å²) in [5.74, 6) is 0. The van der Waals surface area contributed by atoms with E-state index in [4.69, 9.17) is 0 Å². The molecule has 104 valence electrons. The first-order valence-corrected chi connectivity index (χ1v) is 7.58. The Morgan fingerprint density at radius 1 is 1.21 bits per heavy atom. The van der Waals surface area contributed by atoms with E-state index in [-0.39, 0.29) is 0 Å². The van der Waals surface area contributed by atoms with Gasteiger partial charge in [-0.3, -0.25) is 0 Å². The Balaban J connectivity index is 2.72. The van der Waals surface area contributed by atoms with Crippen LogP contribution >= 0.6 is 0 Å². The number of rotatable bonds is 5. The molecule has 0 unspecified atom stereocenters. The second kappa shape index (κ2) is 6.94. The number of urea groups is 1. The van der Waals surface area contributed by atoms with Crippen molar-refractivity contribution in [2.75, 3.05) is 13.1 Å². The largest absolute Gasteiger partial charge is 0.331 e. The quantitative estimate of drug-likeness (QED) is 0.898. The molecule has 0 aromatic heterocycles. The number of nitrogens with one attached hydrogen (secondary N) is 1. The van der Waals surface area contributed by atoms with Crippen molar-refractivity contribution in [3.8, 4) is 0 Å². The minimum atomic E-state index is -3.77. The first-order chi connectivity index (χ1) is 8.98. The average Bonchev–Trinajstić information content (AvgIpc) is 2.38. The van der Waals surface area contributed by atoms with Crippen LogP contribution in [0.25, 0.3) is 6.08 Å². The zero-order valence-electron chi connectivity index (χ0n) is 11.0. The highest BCUT2D eigenvalue weighted by Crippen LogP contribution is 2.03. The highest BCUT2D eigenvalue weighted by Gasteiger charge is 2.15. The molecule has 19 heavy (non-hydrogen) atoms. The lowest BCUT2D eigenvalue weighted by Crippen LogP contribution is -2.41. The van der Waals surface area contributed by atoms with Gasteiger partial charge in [0.1, 0.15) is 0 Å². The number of carbonyl (C=O) groups is 1. The average molecular weight is 282 g/mol. The second-order valence-corrected chi connectivity index (χ2v) is 5.40. The van der Waals surface area contributed by atoms with Crippen molar-refractivity contribution in [2.24, 2.45) is 0 Å². The van der Waals surface area contributed by atoms with Crippen molar-refractivity contribution in [3.05, 3.63) is 41.3 Å². The number of hydrogen-bond donors (Lipinski definition) is 1. The number of amides is 2. The monoisotopic (exact) mass is 282 g/mol. The third-order valence-electron chi connectivity index (χ3n) is 2.52. The SMILES string of the molecule is CCN(CC)C(=O)NS(=O)(=O)C=Cc1ccccc1. The number of carbonyl (C=O) groups excluding carboxylic acids is 1. The van der Waals surface area contributed by atoms with Crippen LogP contribution < -0.4 is 4.72 Å². The van der Waals surface area contributed by atoms with Gasteiger partial charge in [-0.25, -0.2) is 17.9 Å². The van der Waals surface area contributed by atoms with E-state index < -0.39 is 16.1 Å². The minimum absolute atomic E-state index is 0.459. The summed E-state index contributed by atoms with van der Waals surface area (Å²) in [5, 5.41) is 0.990. The summed E-state index contributed by atoms with van der Waals surface area (Å²) in [6.07, 6.45) is 1.44. The fraction of sp³-hybridized carbons (Fsp3) is 0.308. The summed E-state index contributed by atoms with van der Waals surface area (Å²) in [6, 6.07) is 8.40. The smallest absolute Gasteiger partial charge is 0.325 e. The fourth-order valence-corrected chi connectivity index (χ4v) is 2.24. The number of nitrogens with zero attached hydrogens (tertiary/aromatic N) is 1. The Bertz CT molecular complexity index is 534. The molecule has 0 atom stereocenters.